The molecular weight excluding hydrogens is 268 g/mol. The molecule has 2 rings (SSSR count). The van der Waals surface area contributed by atoms with Crippen LogP contribution in [-0.2, 0) is 0 Å². The molecular formula is C15H22N4O2. The fraction of sp³-hybridized carbons (Fsp3) is 0.467. The van der Waals surface area contributed by atoms with Gasteiger partial charge in [-0.05, 0) is 31.0 Å². The lowest BCUT2D eigenvalue weighted by atomic mass is 10.1. The Bertz CT molecular complexity index is 664. The summed E-state index contributed by atoms with van der Waals surface area (Å²) in [7, 11) is 0. The van der Waals surface area contributed by atoms with Gasteiger partial charge in [-0.1, -0.05) is 13.8 Å². The summed E-state index contributed by atoms with van der Waals surface area (Å²) in [6, 6.07) is 5.32. The molecule has 0 saturated heterocycles. The van der Waals surface area contributed by atoms with Gasteiger partial charge in [0.1, 0.15) is 0 Å². The minimum Gasteiger partial charge on any atom is -0.399 e. The Labute approximate surface area is 123 Å². The molecule has 0 amide bonds. The monoisotopic (exact) mass is 290 g/mol. The van der Waals surface area contributed by atoms with Crippen molar-refractivity contribution in [3.63, 3.8) is 0 Å². The predicted octanol–water partition coefficient (Wildman–Crippen LogP) is 1.49. The van der Waals surface area contributed by atoms with Crippen LogP contribution in [0.15, 0.2) is 23.0 Å². The second kappa shape index (κ2) is 6.58. The summed E-state index contributed by atoms with van der Waals surface area (Å²) < 4.78 is 0. The number of rotatable bonds is 6. The molecule has 0 saturated carbocycles. The molecule has 6 nitrogen and oxygen atoms in total. The van der Waals surface area contributed by atoms with Crippen LogP contribution in [0.4, 0.5) is 11.6 Å². The summed E-state index contributed by atoms with van der Waals surface area (Å²) in [6.07, 6.45) is 1.83. The molecule has 0 atom stereocenters. The number of H-pyrrole nitrogens is 1. The number of nitrogen functional groups attached to an aromatic ring is 1. The SMILES string of the molecule is CCC(CC)N(CCO)c1nc2ccc(N)cc2c(=O)[nH]1. The number of benzene rings is 1. The van der Waals surface area contributed by atoms with Gasteiger partial charge in [-0.25, -0.2) is 4.98 Å². The average Bonchev–Trinajstić information content (AvgIpc) is 2.48. The first kappa shape index (κ1) is 15.3. The van der Waals surface area contributed by atoms with Crippen LogP contribution in [0.3, 0.4) is 0 Å². The minimum absolute atomic E-state index is 0.0139. The Morgan fingerprint density at radius 2 is 2.10 bits per heavy atom. The van der Waals surface area contributed by atoms with E-state index in [4.69, 9.17) is 5.73 Å². The third-order valence-electron chi connectivity index (χ3n) is 3.71. The zero-order valence-electron chi connectivity index (χ0n) is 12.5. The van der Waals surface area contributed by atoms with Gasteiger partial charge >= 0.3 is 0 Å². The first-order chi connectivity index (χ1) is 10.1. The summed E-state index contributed by atoms with van der Waals surface area (Å²) in [5, 5.41) is 9.76. The molecule has 2 aromatic rings. The first-order valence-electron chi connectivity index (χ1n) is 7.27. The highest BCUT2D eigenvalue weighted by Gasteiger charge is 2.18. The predicted molar refractivity (Wildman–Crippen MR) is 85.6 cm³/mol. The van der Waals surface area contributed by atoms with Crippen molar-refractivity contribution >= 4 is 22.5 Å². The van der Waals surface area contributed by atoms with Gasteiger partial charge in [0.15, 0.2) is 0 Å². The van der Waals surface area contributed by atoms with E-state index < -0.39 is 0 Å². The molecule has 0 spiro atoms. The molecule has 0 unspecified atom stereocenters. The number of hydrogen-bond acceptors (Lipinski definition) is 5. The van der Waals surface area contributed by atoms with Crippen LogP contribution >= 0.6 is 0 Å². The number of hydrogen-bond donors (Lipinski definition) is 3. The quantitative estimate of drug-likeness (QED) is 0.701. The maximum Gasteiger partial charge on any atom is 0.260 e. The fourth-order valence-electron chi connectivity index (χ4n) is 2.58. The van der Waals surface area contributed by atoms with E-state index in [0.29, 0.717) is 29.1 Å². The molecule has 1 aromatic heterocycles. The summed E-state index contributed by atoms with van der Waals surface area (Å²) in [5.41, 5.74) is 6.64. The number of anilines is 2. The van der Waals surface area contributed by atoms with E-state index in [1.54, 1.807) is 18.2 Å². The van der Waals surface area contributed by atoms with Crippen LogP contribution in [0, 0.1) is 0 Å². The molecule has 0 aliphatic rings. The van der Waals surface area contributed by atoms with Crippen LogP contribution in [0.25, 0.3) is 10.9 Å². The van der Waals surface area contributed by atoms with Gasteiger partial charge in [-0.3, -0.25) is 9.78 Å². The van der Waals surface area contributed by atoms with Crippen LogP contribution in [0.2, 0.25) is 0 Å². The minimum atomic E-state index is -0.212. The van der Waals surface area contributed by atoms with E-state index in [2.05, 4.69) is 23.8 Å². The summed E-state index contributed by atoms with van der Waals surface area (Å²) in [6.45, 7) is 4.62. The Balaban J connectivity index is 2.53. The van der Waals surface area contributed by atoms with Crippen molar-refractivity contribution in [1.82, 2.24) is 9.97 Å². The topological polar surface area (TPSA) is 95.2 Å². The molecule has 0 fully saturated rings. The lowest BCUT2D eigenvalue weighted by Crippen LogP contribution is -2.39. The van der Waals surface area contributed by atoms with Crippen LogP contribution in [0.1, 0.15) is 26.7 Å². The normalized spacial score (nSPS) is 11.2. The van der Waals surface area contributed by atoms with E-state index in [-0.39, 0.29) is 18.2 Å². The number of aromatic amines is 1. The van der Waals surface area contributed by atoms with Gasteiger partial charge in [-0.2, -0.15) is 0 Å². The molecule has 0 aliphatic carbocycles. The van der Waals surface area contributed by atoms with E-state index in [0.717, 1.165) is 12.8 Å². The number of aliphatic hydroxyl groups is 1. The van der Waals surface area contributed by atoms with Gasteiger partial charge in [0, 0.05) is 18.3 Å². The Kier molecular flexibility index (Phi) is 4.80. The molecule has 21 heavy (non-hydrogen) atoms. The molecule has 1 aromatic carbocycles. The molecule has 0 aliphatic heterocycles. The number of fused-ring (bicyclic) bond motifs is 1. The highest BCUT2D eigenvalue weighted by molar-refractivity contribution is 5.81. The summed E-state index contributed by atoms with van der Waals surface area (Å²) in [5.74, 6) is 0.500. The third-order valence-corrected chi connectivity index (χ3v) is 3.71. The standard InChI is InChI=1S/C15H22N4O2/c1-3-11(4-2)19(7-8-20)15-17-13-6-5-10(16)9-12(13)14(21)18-15/h5-6,9,11,20H,3-4,7-8,16H2,1-2H3,(H,17,18,21). The Hall–Kier alpha value is -2.08. The number of nitrogens with one attached hydrogen (secondary N) is 1. The zero-order valence-corrected chi connectivity index (χ0v) is 12.5. The van der Waals surface area contributed by atoms with Crippen molar-refractivity contribution in [2.24, 2.45) is 0 Å². The molecule has 0 radical (unpaired) electrons. The van der Waals surface area contributed by atoms with Gasteiger partial charge in [0.2, 0.25) is 5.95 Å². The molecule has 114 valence electrons. The number of aromatic nitrogens is 2. The van der Waals surface area contributed by atoms with Crippen molar-refractivity contribution in [3.05, 3.63) is 28.6 Å². The third kappa shape index (κ3) is 3.16. The molecule has 4 N–H and O–H groups in total. The van der Waals surface area contributed by atoms with Gasteiger partial charge in [-0.15, -0.1) is 0 Å². The van der Waals surface area contributed by atoms with Crippen molar-refractivity contribution in [2.75, 3.05) is 23.8 Å². The van der Waals surface area contributed by atoms with Crippen LogP contribution in [0.5, 0.6) is 0 Å². The van der Waals surface area contributed by atoms with E-state index in [1.807, 2.05) is 4.90 Å². The highest BCUT2D eigenvalue weighted by atomic mass is 16.3. The van der Waals surface area contributed by atoms with E-state index >= 15 is 0 Å². The fourth-order valence-corrected chi connectivity index (χ4v) is 2.58. The maximum atomic E-state index is 12.2. The van der Waals surface area contributed by atoms with Gasteiger partial charge in [0.05, 0.1) is 17.5 Å². The second-order valence-electron chi connectivity index (χ2n) is 5.05. The van der Waals surface area contributed by atoms with Gasteiger partial charge in [0.25, 0.3) is 5.56 Å². The smallest absolute Gasteiger partial charge is 0.260 e. The van der Waals surface area contributed by atoms with Crippen LogP contribution in [-0.4, -0.2) is 34.3 Å². The number of nitrogens with two attached hydrogens (primary N) is 1. The van der Waals surface area contributed by atoms with Crippen molar-refractivity contribution < 1.29 is 5.11 Å². The Morgan fingerprint density at radius 3 is 2.71 bits per heavy atom. The van der Waals surface area contributed by atoms with E-state index in [9.17, 15) is 9.90 Å². The lowest BCUT2D eigenvalue weighted by molar-refractivity contribution is 0.295. The summed E-state index contributed by atoms with van der Waals surface area (Å²) >= 11 is 0. The van der Waals surface area contributed by atoms with Crippen LogP contribution < -0.4 is 16.2 Å². The highest BCUT2D eigenvalue weighted by Crippen LogP contribution is 2.18. The summed E-state index contributed by atoms with van der Waals surface area (Å²) in [4.78, 5) is 21.5. The van der Waals surface area contributed by atoms with Crippen molar-refractivity contribution in [3.8, 4) is 0 Å². The van der Waals surface area contributed by atoms with E-state index in [1.165, 1.54) is 0 Å². The van der Waals surface area contributed by atoms with Crippen molar-refractivity contribution in [2.45, 2.75) is 32.7 Å². The molecule has 6 heteroatoms. The number of aliphatic hydroxyl groups excluding tert-OH is 1. The zero-order chi connectivity index (χ0) is 15.4. The lowest BCUT2D eigenvalue weighted by Gasteiger charge is -2.30. The second-order valence-corrected chi connectivity index (χ2v) is 5.05. The average molecular weight is 290 g/mol. The van der Waals surface area contributed by atoms with Crippen molar-refractivity contribution in [1.29, 1.82) is 0 Å². The molecule has 0 bridgehead atoms. The largest absolute Gasteiger partial charge is 0.399 e. The van der Waals surface area contributed by atoms with Gasteiger partial charge < -0.3 is 15.7 Å². The maximum absolute atomic E-state index is 12.2. The Morgan fingerprint density at radius 1 is 1.38 bits per heavy atom. The number of nitrogens with zero attached hydrogens (tertiary/aromatic N) is 2. The first-order valence-corrected chi connectivity index (χ1v) is 7.27. The molecule has 1 heterocycles.